The highest BCUT2D eigenvalue weighted by molar-refractivity contribution is 9.11. The average Bonchev–Trinajstić information content (AvgIpc) is 2.63. The fourth-order valence-corrected chi connectivity index (χ4v) is 5.25. The number of carboxylic acid groups (broad SMARTS) is 1. The van der Waals surface area contributed by atoms with Gasteiger partial charge in [-0.3, -0.25) is 9.36 Å². The molecule has 1 amide bonds. The number of halogens is 2. The summed E-state index contributed by atoms with van der Waals surface area (Å²) in [5.41, 5.74) is 0.494. The molecule has 8 nitrogen and oxygen atoms in total. The SMILES string of the molecule is CC(C)C[C@H](NC(=O)c1cc(Oc2c(Br)cc(CP(C)(=O)O)cc2Br)ccc1O)C(=O)O. The number of nitrogens with one attached hydrogen (secondary N) is 1. The summed E-state index contributed by atoms with van der Waals surface area (Å²) < 4.78 is 18.6. The molecule has 0 saturated carbocycles. The van der Waals surface area contributed by atoms with Crippen molar-refractivity contribution in [1.82, 2.24) is 5.32 Å². The van der Waals surface area contributed by atoms with Crippen LogP contribution in [0.2, 0.25) is 0 Å². The van der Waals surface area contributed by atoms with E-state index in [0.29, 0.717) is 20.3 Å². The zero-order valence-electron chi connectivity index (χ0n) is 17.6. The monoisotopic (exact) mass is 591 g/mol. The molecule has 0 heterocycles. The summed E-state index contributed by atoms with van der Waals surface area (Å²) in [6.07, 6.45) is 0.234. The molecule has 0 fully saturated rings. The van der Waals surface area contributed by atoms with Crippen LogP contribution in [0, 0.1) is 5.92 Å². The highest BCUT2D eigenvalue weighted by atomic mass is 79.9. The lowest BCUT2D eigenvalue weighted by molar-refractivity contribution is -0.139. The number of aromatic hydroxyl groups is 1. The summed E-state index contributed by atoms with van der Waals surface area (Å²) in [6, 6.07) is 6.25. The van der Waals surface area contributed by atoms with E-state index in [4.69, 9.17) is 4.74 Å². The predicted octanol–water partition coefficient (Wildman–Crippen LogP) is 5.34. The van der Waals surface area contributed by atoms with Crippen molar-refractivity contribution in [3.8, 4) is 17.2 Å². The quantitative estimate of drug-likeness (QED) is 0.289. The van der Waals surface area contributed by atoms with E-state index in [1.807, 2.05) is 13.8 Å². The van der Waals surface area contributed by atoms with Crippen molar-refractivity contribution in [3.05, 3.63) is 50.4 Å². The zero-order valence-corrected chi connectivity index (χ0v) is 21.7. The zero-order chi connectivity index (χ0) is 24.2. The number of hydrogen-bond donors (Lipinski definition) is 4. The maximum Gasteiger partial charge on any atom is 0.326 e. The number of carbonyl (C=O) groups is 2. The number of carbonyl (C=O) groups excluding carboxylic acids is 1. The summed E-state index contributed by atoms with van der Waals surface area (Å²) in [5.74, 6) is -1.59. The third kappa shape index (κ3) is 7.62. The van der Waals surface area contributed by atoms with Crippen LogP contribution in [-0.2, 0) is 15.5 Å². The fourth-order valence-electron chi connectivity index (χ4n) is 2.95. The number of phenolic OH excluding ortho intramolecular Hbond substituents is 1. The minimum absolute atomic E-state index is 0.00483. The van der Waals surface area contributed by atoms with Gasteiger partial charge in [0, 0.05) is 12.8 Å². The molecular formula is C21H24Br2NO7P. The molecule has 0 saturated heterocycles. The summed E-state index contributed by atoms with van der Waals surface area (Å²) >= 11 is 6.75. The molecule has 2 rings (SSSR count). The second kappa shape index (κ2) is 10.8. The van der Waals surface area contributed by atoms with Crippen LogP contribution < -0.4 is 10.1 Å². The van der Waals surface area contributed by atoms with Gasteiger partial charge in [-0.1, -0.05) is 13.8 Å². The minimum Gasteiger partial charge on any atom is -0.507 e. The van der Waals surface area contributed by atoms with Gasteiger partial charge in [-0.2, -0.15) is 0 Å². The first-order chi connectivity index (χ1) is 14.8. The summed E-state index contributed by atoms with van der Waals surface area (Å²) in [7, 11) is -3.26. The van der Waals surface area contributed by atoms with Crippen molar-refractivity contribution in [1.29, 1.82) is 0 Å². The summed E-state index contributed by atoms with van der Waals surface area (Å²) in [4.78, 5) is 33.7. The molecule has 2 aromatic rings. The van der Waals surface area contributed by atoms with E-state index in [-0.39, 0.29) is 35.6 Å². The molecule has 0 aliphatic rings. The molecule has 2 atom stereocenters. The van der Waals surface area contributed by atoms with Gasteiger partial charge < -0.3 is 25.2 Å². The Hall–Kier alpha value is -1.87. The highest BCUT2D eigenvalue weighted by Crippen LogP contribution is 2.44. The van der Waals surface area contributed by atoms with Gasteiger partial charge in [0.1, 0.15) is 17.5 Å². The van der Waals surface area contributed by atoms with Crippen LogP contribution in [0.25, 0.3) is 0 Å². The van der Waals surface area contributed by atoms with Gasteiger partial charge in [0.25, 0.3) is 5.91 Å². The first kappa shape index (κ1) is 26.4. The van der Waals surface area contributed by atoms with Crippen molar-refractivity contribution in [2.24, 2.45) is 5.92 Å². The molecule has 11 heteroatoms. The van der Waals surface area contributed by atoms with Gasteiger partial charge in [0.2, 0.25) is 7.37 Å². The lowest BCUT2D eigenvalue weighted by Gasteiger charge is -2.17. The molecule has 0 bridgehead atoms. The van der Waals surface area contributed by atoms with Crippen molar-refractivity contribution in [3.63, 3.8) is 0 Å². The minimum atomic E-state index is -3.26. The Morgan fingerprint density at radius 1 is 1.16 bits per heavy atom. The Morgan fingerprint density at radius 2 is 1.75 bits per heavy atom. The van der Waals surface area contributed by atoms with Gasteiger partial charge in [-0.25, -0.2) is 4.79 Å². The number of rotatable bonds is 9. The fraction of sp³-hybridized carbons (Fsp3) is 0.333. The maximum absolute atomic E-state index is 12.6. The van der Waals surface area contributed by atoms with Gasteiger partial charge in [0.05, 0.1) is 14.5 Å². The number of benzene rings is 2. The Bertz CT molecular complexity index is 1050. The van der Waals surface area contributed by atoms with Crippen LogP contribution in [0.15, 0.2) is 39.3 Å². The van der Waals surface area contributed by atoms with Gasteiger partial charge >= 0.3 is 5.97 Å². The van der Waals surface area contributed by atoms with Gasteiger partial charge in [-0.15, -0.1) is 0 Å². The van der Waals surface area contributed by atoms with Crippen LogP contribution in [0.4, 0.5) is 0 Å². The van der Waals surface area contributed by atoms with Crippen molar-refractivity contribution in [2.75, 3.05) is 6.66 Å². The van der Waals surface area contributed by atoms with E-state index in [1.165, 1.54) is 24.9 Å². The Morgan fingerprint density at radius 3 is 2.25 bits per heavy atom. The Kier molecular flexibility index (Phi) is 8.93. The first-order valence-corrected chi connectivity index (χ1v) is 13.5. The lowest BCUT2D eigenvalue weighted by atomic mass is 10.0. The number of ether oxygens (including phenoxy) is 1. The molecule has 0 aliphatic carbocycles. The summed E-state index contributed by atoms with van der Waals surface area (Å²) in [5, 5.41) is 21.9. The molecular weight excluding hydrogens is 569 g/mol. The van der Waals surface area contributed by atoms with E-state index >= 15 is 0 Å². The lowest BCUT2D eigenvalue weighted by Crippen LogP contribution is -2.41. The normalized spacial score (nSPS) is 14.0. The van der Waals surface area contributed by atoms with Crippen LogP contribution in [-0.4, -0.2) is 39.7 Å². The molecule has 32 heavy (non-hydrogen) atoms. The molecule has 0 spiro atoms. The van der Waals surface area contributed by atoms with Crippen LogP contribution in [0.1, 0.15) is 36.2 Å². The van der Waals surface area contributed by atoms with E-state index < -0.39 is 25.3 Å². The van der Waals surface area contributed by atoms with E-state index in [1.54, 1.807) is 12.1 Å². The number of phenols is 1. The van der Waals surface area contributed by atoms with Gasteiger partial charge in [-0.05, 0) is 80.1 Å². The predicted molar refractivity (Wildman–Crippen MR) is 128 cm³/mol. The molecule has 174 valence electrons. The molecule has 2 aromatic carbocycles. The number of amides is 1. The number of aliphatic carboxylic acids is 1. The maximum atomic E-state index is 12.6. The second-order valence-electron chi connectivity index (χ2n) is 7.87. The molecule has 0 aromatic heterocycles. The molecule has 0 aliphatic heterocycles. The summed E-state index contributed by atoms with van der Waals surface area (Å²) in [6.45, 7) is 4.96. The topological polar surface area (TPSA) is 133 Å². The second-order valence-corrected chi connectivity index (χ2v) is 12.0. The van der Waals surface area contributed by atoms with Gasteiger partial charge in [0.15, 0.2) is 5.75 Å². The van der Waals surface area contributed by atoms with Crippen LogP contribution >= 0.6 is 39.2 Å². The largest absolute Gasteiger partial charge is 0.507 e. The van der Waals surface area contributed by atoms with Crippen LogP contribution in [0.3, 0.4) is 0 Å². The van der Waals surface area contributed by atoms with Crippen molar-refractivity contribution in [2.45, 2.75) is 32.5 Å². The third-order valence-electron chi connectivity index (χ3n) is 4.28. The highest BCUT2D eigenvalue weighted by Gasteiger charge is 2.24. The molecule has 4 N–H and O–H groups in total. The smallest absolute Gasteiger partial charge is 0.326 e. The average molecular weight is 593 g/mol. The van der Waals surface area contributed by atoms with E-state index in [0.717, 1.165) is 0 Å². The number of carboxylic acids is 1. The van der Waals surface area contributed by atoms with E-state index in [2.05, 4.69) is 37.2 Å². The van der Waals surface area contributed by atoms with Crippen molar-refractivity contribution >= 4 is 51.1 Å². The van der Waals surface area contributed by atoms with Crippen LogP contribution in [0.5, 0.6) is 17.2 Å². The molecule has 1 unspecified atom stereocenters. The van der Waals surface area contributed by atoms with E-state index in [9.17, 15) is 29.3 Å². The Labute approximate surface area is 202 Å². The number of hydrogen-bond acceptors (Lipinski definition) is 5. The van der Waals surface area contributed by atoms with Crippen molar-refractivity contribution < 1.29 is 34.0 Å². The molecule has 0 radical (unpaired) electrons. The third-order valence-corrected chi connectivity index (χ3v) is 6.41. The Balaban J connectivity index is 2.29. The first-order valence-electron chi connectivity index (χ1n) is 9.58. The standard InChI is InChI=1S/C21H24Br2NO7P/c1-11(2)6-17(21(27)28)24-20(26)14-9-13(4-5-18(14)25)31-19-15(22)7-12(8-16(19)23)10-32(3,29)30/h4-5,7-9,11,17,25H,6,10H2,1-3H3,(H,24,26)(H,27,28)(H,29,30)/t17-/m0/s1.